The van der Waals surface area contributed by atoms with Gasteiger partial charge in [-0.05, 0) is 42.0 Å². The normalized spacial score (nSPS) is 20.3. The number of nitro groups is 1. The van der Waals surface area contributed by atoms with Gasteiger partial charge >= 0.3 is 0 Å². The highest BCUT2D eigenvalue weighted by Gasteiger charge is 2.32. The first kappa shape index (κ1) is 13.7. The van der Waals surface area contributed by atoms with Crippen LogP contribution < -0.4 is 0 Å². The molecule has 1 aliphatic carbocycles. The lowest BCUT2D eigenvalue weighted by Gasteiger charge is -2.15. The molecule has 0 aliphatic heterocycles. The fraction of sp³-hybridized carbons (Fsp3) is 0.250. The summed E-state index contributed by atoms with van der Waals surface area (Å²) < 4.78 is 13.4. The van der Waals surface area contributed by atoms with Crippen molar-refractivity contribution < 1.29 is 14.4 Å². The van der Waals surface area contributed by atoms with Crippen LogP contribution in [0.25, 0.3) is 0 Å². The number of fused-ring (bicyclic) bond motifs is 1. The number of nitrogens with zero attached hydrogens (tertiary/aromatic N) is 1. The molecule has 5 heteroatoms. The van der Waals surface area contributed by atoms with Crippen molar-refractivity contribution in [1.29, 1.82) is 0 Å². The van der Waals surface area contributed by atoms with E-state index in [1.54, 1.807) is 0 Å². The molecule has 1 N–H and O–H groups in total. The second-order valence-electron chi connectivity index (χ2n) is 5.34. The third kappa shape index (κ3) is 2.52. The van der Waals surface area contributed by atoms with Crippen LogP contribution in [0.1, 0.15) is 22.8 Å². The summed E-state index contributed by atoms with van der Waals surface area (Å²) in [5, 5.41) is 21.4. The lowest BCUT2D eigenvalue weighted by Crippen LogP contribution is -2.12. The van der Waals surface area contributed by atoms with Gasteiger partial charge in [0, 0.05) is 11.6 Å². The molecule has 3 rings (SSSR count). The Morgan fingerprint density at radius 1 is 1.29 bits per heavy atom. The molecule has 2 aromatic rings. The highest BCUT2D eigenvalue weighted by molar-refractivity contribution is 5.42. The molecule has 0 saturated carbocycles. The first-order chi connectivity index (χ1) is 10.1. The summed E-state index contributed by atoms with van der Waals surface area (Å²) in [6.45, 7) is 0. The second kappa shape index (κ2) is 5.26. The molecule has 2 unspecified atom stereocenters. The summed E-state index contributed by atoms with van der Waals surface area (Å²) in [6, 6.07) is 11.0. The maximum atomic E-state index is 13.4. The van der Waals surface area contributed by atoms with E-state index < -0.39 is 16.8 Å². The number of hydrogen-bond donors (Lipinski definition) is 1. The van der Waals surface area contributed by atoms with E-state index in [0.717, 1.165) is 17.2 Å². The van der Waals surface area contributed by atoms with Crippen molar-refractivity contribution in [2.45, 2.75) is 18.9 Å². The van der Waals surface area contributed by atoms with E-state index in [2.05, 4.69) is 0 Å². The average Bonchev–Trinajstić information content (AvgIpc) is 2.76. The monoisotopic (exact) mass is 287 g/mol. The van der Waals surface area contributed by atoms with Gasteiger partial charge in [0.25, 0.3) is 5.69 Å². The Labute approximate surface area is 121 Å². The Bertz CT molecular complexity index is 702. The Morgan fingerprint density at radius 2 is 2.05 bits per heavy atom. The number of hydrogen-bond acceptors (Lipinski definition) is 3. The first-order valence-corrected chi connectivity index (χ1v) is 6.75. The van der Waals surface area contributed by atoms with Crippen molar-refractivity contribution in [2.75, 3.05) is 0 Å². The van der Waals surface area contributed by atoms with E-state index in [0.29, 0.717) is 12.0 Å². The van der Waals surface area contributed by atoms with Crippen molar-refractivity contribution in [2.24, 2.45) is 5.92 Å². The van der Waals surface area contributed by atoms with Gasteiger partial charge in [-0.25, -0.2) is 4.39 Å². The van der Waals surface area contributed by atoms with Crippen LogP contribution in [0.2, 0.25) is 0 Å². The molecule has 0 spiro atoms. The minimum absolute atomic E-state index is 0.0976. The summed E-state index contributed by atoms with van der Waals surface area (Å²) in [6.07, 6.45) is 0.263. The lowest BCUT2D eigenvalue weighted by atomic mass is 9.93. The van der Waals surface area contributed by atoms with E-state index in [1.165, 1.54) is 12.1 Å². The number of halogens is 1. The molecule has 0 fully saturated rings. The van der Waals surface area contributed by atoms with Gasteiger partial charge < -0.3 is 5.11 Å². The number of aliphatic hydroxyl groups excluding tert-OH is 1. The Morgan fingerprint density at radius 3 is 2.76 bits per heavy atom. The SMILES string of the molecule is O=[N+]([O-])c1ccc(F)cc1CC1Cc2ccccc2C1O. The third-order valence-electron chi connectivity index (χ3n) is 4.02. The lowest BCUT2D eigenvalue weighted by molar-refractivity contribution is -0.385. The van der Waals surface area contributed by atoms with E-state index in [-0.39, 0.29) is 18.0 Å². The van der Waals surface area contributed by atoms with Crippen LogP contribution in [-0.2, 0) is 12.8 Å². The van der Waals surface area contributed by atoms with E-state index in [4.69, 9.17) is 0 Å². The number of rotatable bonds is 3. The van der Waals surface area contributed by atoms with E-state index in [1.807, 2.05) is 24.3 Å². The fourth-order valence-electron chi connectivity index (χ4n) is 3.02. The van der Waals surface area contributed by atoms with Crippen LogP contribution in [0.4, 0.5) is 10.1 Å². The van der Waals surface area contributed by atoms with E-state index in [9.17, 15) is 19.6 Å². The smallest absolute Gasteiger partial charge is 0.272 e. The molecule has 108 valence electrons. The summed E-state index contributed by atoms with van der Waals surface area (Å²) in [5.41, 5.74) is 2.15. The van der Waals surface area contributed by atoms with Crippen molar-refractivity contribution >= 4 is 5.69 Å². The standard InChI is InChI=1S/C16H14FNO3/c17-13-5-6-15(18(20)21)11(9-13)8-12-7-10-3-1-2-4-14(10)16(12)19/h1-6,9,12,16,19H,7-8H2. The maximum Gasteiger partial charge on any atom is 0.272 e. The van der Waals surface area contributed by atoms with Gasteiger partial charge in [0.2, 0.25) is 0 Å². The van der Waals surface area contributed by atoms with Crippen LogP contribution in [0.15, 0.2) is 42.5 Å². The van der Waals surface area contributed by atoms with Crippen LogP contribution >= 0.6 is 0 Å². The van der Waals surface area contributed by atoms with Crippen molar-refractivity contribution in [3.63, 3.8) is 0 Å². The number of aliphatic hydroxyl groups is 1. The molecule has 1 aliphatic rings. The van der Waals surface area contributed by atoms with Crippen molar-refractivity contribution in [1.82, 2.24) is 0 Å². The van der Waals surface area contributed by atoms with Crippen LogP contribution in [0, 0.1) is 21.8 Å². The molecular weight excluding hydrogens is 273 g/mol. The quantitative estimate of drug-likeness (QED) is 0.696. The minimum atomic E-state index is -0.663. The Balaban J connectivity index is 1.89. The highest BCUT2D eigenvalue weighted by atomic mass is 19.1. The Kier molecular flexibility index (Phi) is 3.43. The maximum absolute atomic E-state index is 13.4. The molecule has 0 bridgehead atoms. The van der Waals surface area contributed by atoms with Crippen LogP contribution in [0.3, 0.4) is 0 Å². The zero-order valence-electron chi connectivity index (χ0n) is 11.2. The minimum Gasteiger partial charge on any atom is -0.388 e. The van der Waals surface area contributed by atoms with Crippen LogP contribution in [-0.4, -0.2) is 10.0 Å². The molecule has 0 aromatic heterocycles. The zero-order valence-corrected chi connectivity index (χ0v) is 11.2. The van der Waals surface area contributed by atoms with Gasteiger partial charge in [-0.3, -0.25) is 10.1 Å². The highest BCUT2D eigenvalue weighted by Crippen LogP contribution is 2.38. The molecule has 0 saturated heterocycles. The van der Waals surface area contributed by atoms with Gasteiger partial charge in [0.05, 0.1) is 11.0 Å². The van der Waals surface area contributed by atoms with Gasteiger partial charge in [-0.15, -0.1) is 0 Å². The summed E-state index contributed by atoms with van der Waals surface area (Å²) in [4.78, 5) is 10.5. The third-order valence-corrected chi connectivity index (χ3v) is 4.02. The predicted octanol–water partition coefficient (Wildman–Crippen LogP) is 3.18. The zero-order chi connectivity index (χ0) is 15.0. The topological polar surface area (TPSA) is 63.4 Å². The van der Waals surface area contributed by atoms with E-state index >= 15 is 0 Å². The summed E-state index contributed by atoms with van der Waals surface area (Å²) in [7, 11) is 0. The molecule has 21 heavy (non-hydrogen) atoms. The molecule has 0 radical (unpaired) electrons. The second-order valence-corrected chi connectivity index (χ2v) is 5.34. The number of benzene rings is 2. The first-order valence-electron chi connectivity index (χ1n) is 6.75. The van der Waals surface area contributed by atoms with Crippen molar-refractivity contribution in [3.05, 3.63) is 75.1 Å². The molecule has 4 nitrogen and oxygen atoms in total. The average molecular weight is 287 g/mol. The number of nitro benzene ring substituents is 1. The fourth-order valence-corrected chi connectivity index (χ4v) is 3.02. The largest absolute Gasteiger partial charge is 0.388 e. The summed E-state index contributed by atoms with van der Waals surface area (Å²) in [5.74, 6) is -0.663. The molecule has 0 amide bonds. The van der Waals surface area contributed by atoms with Crippen LogP contribution in [0.5, 0.6) is 0 Å². The van der Waals surface area contributed by atoms with Gasteiger partial charge in [0.1, 0.15) is 5.82 Å². The molecule has 0 heterocycles. The van der Waals surface area contributed by atoms with Gasteiger partial charge in [-0.1, -0.05) is 24.3 Å². The van der Waals surface area contributed by atoms with Crippen molar-refractivity contribution in [3.8, 4) is 0 Å². The molecular formula is C16H14FNO3. The van der Waals surface area contributed by atoms with Gasteiger partial charge in [0.15, 0.2) is 0 Å². The predicted molar refractivity (Wildman–Crippen MR) is 75.4 cm³/mol. The van der Waals surface area contributed by atoms with Gasteiger partial charge in [-0.2, -0.15) is 0 Å². The molecule has 2 atom stereocenters. The Hall–Kier alpha value is -2.27. The summed E-state index contributed by atoms with van der Waals surface area (Å²) >= 11 is 0. The molecule has 2 aromatic carbocycles.